The SMILES string of the molecule is COc1cccc([C@H](C)NC2CC(NC(=O)OCc3ccccc3)C2)c1. The molecule has 5 nitrogen and oxygen atoms in total. The van der Waals surface area contributed by atoms with E-state index in [9.17, 15) is 4.79 Å². The van der Waals surface area contributed by atoms with Crippen LogP contribution < -0.4 is 15.4 Å². The third-order valence-electron chi connectivity index (χ3n) is 4.75. The number of carbonyl (C=O) groups is 1. The maximum atomic E-state index is 11.9. The van der Waals surface area contributed by atoms with Crippen molar-refractivity contribution in [1.29, 1.82) is 0 Å². The molecule has 2 N–H and O–H groups in total. The maximum absolute atomic E-state index is 11.9. The molecule has 0 saturated heterocycles. The van der Waals surface area contributed by atoms with Gasteiger partial charge in [0.05, 0.1) is 7.11 Å². The Morgan fingerprint density at radius 1 is 1.12 bits per heavy atom. The Morgan fingerprint density at radius 3 is 2.62 bits per heavy atom. The van der Waals surface area contributed by atoms with Gasteiger partial charge in [-0.15, -0.1) is 0 Å². The van der Waals surface area contributed by atoms with Crippen molar-refractivity contribution in [1.82, 2.24) is 10.6 Å². The van der Waals surface area contributed by atoms with Gasteiger partial charge in [-0.05, 0) is 43.0 Å². The van der Waals surface area contributed by atoms with Crippen LogP contribution in [-0.4, -0.2) is 25.3 Å². The molecular formula is C21H26N2O3. The van der Waals surface area contributed by atoms with Gasteiger partial charge in [-0.1, -0.05) is 42.5 Å². The van der Waals surface area contributed by atoms with Gasteiger partial charge in [-0.3, -0.25) is 0 Å². The Bertz CT molecular complexity index is 714. The molecule has 26 heavy (non-hydrogen) atoms. The Labute approximate surface area is 154 Å². The largest absolute Gasteiger partial charge is 0.497 e. The highest BCUT2D eigenvalue weighted by Gasteiger charge is 2.31. The maximum Gasteiger partial charge on any atom is 0.407 e. The minimum Gasteiger partial charge on any atom is -0.497 e. The van der Waals surface area contributed by atoms with Crippen LogP contribution in [0.25, 0.3) is 0 Å². The third kappa shape index (κ3) is 4.99. The predicted molar refractivity (Wildman–Crippen MR) is 101 cm³/mol. The van der Waals surface area contributed by atoms with Gasteiger partial charge in [0.15, 0.2) is 0 Å². The molecule has 1 saturated carbocycles. The van der Waals surface area contributed by atoms with Crippen molar-refractivity contribution < 1.29 is 14.3 Å². The van der Waals surface area contributed by atoms with Crippen molar-refractivity contribution >= 4 is 6.09 Å². The van der Waals surface area contributed by atoms with E-state index in [0.717, 1.165) is 24.2 Å². The Balaban J connectivity index is 1.36. The summed E-state index contributed by atoms with van der Waals surface area (Å²) in [4.78, 5) is 11.9. The van der Waals surface area contributed by atoms with E-state index in [1.807, 2.05) is 48.5 Å². The third-order valence-corrected chi connectivity index (χ3v) is 4.75. The lowest BCUT2D eigenvalue weighted by Gasteiger charge is -2.38. The summed E-state index contributed by atoms with van der Waals surface area (Å²) in [7, 11) is 1.68. The summed E-state index contributed by atoms with van der Waals surface area (Å²) in [6.45, 7) is 2.44. The first-order chi connectivity index (χ1) is 12.6. The summed E-state index contributed by atoms with van der Waals surface area (Å²) in [6, 6.07) is 18.6. The second kappa shape index (κ2) is 8.72. The van der Waals surface area contributed by atoms with Crippen molar-refractivity contribution in [2.24, 2.45) is 0 Å². The second-order valence-corrected chi connectivity index (χ2v) is 6.74. The van der Waals surface area contributed by atoms with Gasteiger partial charge in [0, 0.05) is 18.1 Å². The first kappa shape index (κ1) is 18.3. The molecule has 0 radical (unpaired) electrons. The molecule has 0 spiro atoms. The van der Waals surface area contributed by atoms with E-state index in [1.165, 1.54) is 5.56 Å². The van der Waals surface area contributed by atoms with Crippen LogP contribution in [0, 0.1) is 0 Å². The van der Waals surface area contributed by atoms with Crippen molar-refractivity contribution in [3.05, 3.63) is 65.7 Å². The van der Waals surface area contributed by atoms with E-state index in [0.29, 0.717) is 12.6 Å². The molecule has 1 atom stereocenters. The second-order valence-electron chi connectivity index (χ2n) is 6.74. The van der Waals surface area contributed by atoms with Gasteiger partial charge >= 0.3 is 6.09 Å². The van der Waals surface area contributed by atoms with Crippen LogP contribution in [0.4, 0.5) is 4.79 Å². The predicted octanol–water partition coefficient (Wildman–Crippen LogP) is 3.80. The monoisotopic (exact) mass is 354 g/mol. The number of rotatable bonds is 7. The fourth-order valence-electron chi connectivity index (χ4n) is 3.16. The number of hydrogen-bond donors (Lipinski definition) is 2. The van der Waals surface area contributed by atoms with Crippen molar-refractivity contribution in [3.8, 4) is 5.75 Å². The lowest BCUT2D eigenvalue weighted by molar-refractivity contribution is 0.124. The van der Waals surface area contributed by atoms with E-state index in [2.05, 4.69) is 23.6 Å². The first-order valence-electron chi connectivity index (χ1n) is 9.01. The smallest absolute Gasteiger partial charge is 0.407 e. The van der Waals surface area contributed by atoms with E-state index in [4.69, 9.17) is 9.47 Å². The molecule has 1 aliphatic rings. The number of carbonyl (C=O) groups excluding carboxylic acids is 1. The first-order valence-corrected chi connectivity index (χ1v) is 9.01. The topological polar surface area (TPSA) is 59.6 Å². The molecule has 0 aliphatic heterocycles. The Kier molecular flexibility index (Phi) is 6.12. The Morgan fingerprint density at radius 2 is 1.88 bits per heavy atom. The number of ether oxygens (including phenoxy) is 2. The van der Waals surface area contributed by atoms with E-state index >= 15 is 0 Å². The average molecular weight is 354 g/mol. The summed E-state index contributed by atoms with van der Waals surface area (Å²) in [5.41, 5.74) is 2.19. The highest BCUT2D eigenvalue weighted by molar-refractivity contribution is 5.67. The molecule has 0 bridgehead atoms. The summed E-state index contributed by atoms with van der Waals surface area (Å²) in [5.74, 6) is 0.866. The quantitative estimate of drug-likeness (QED) is 0.794. The van der Waals surface area contributed by atoms with Gasteiger partial charge in [-0.25, -0.2) is 4.79 Å². The van der Waals surface area contributed by atoms with E-state index in [-0.39, 0.29) is 18.2 Å². The molecule has 1 amide bonds. The standard InChI is InChI=1S/C21H26N2O3/c1-15(17-9-6-10-20(11-17)25-2)22-18-12-19(13-18)23-21(24)26-14-16-7-4-3-5-8-16/h3-11,15,18-19,22H,12-14H2,1-2H3,(H,23,24)/t15-,18?,19?/m0/s1. The molecule has 1 fully saturated rings. The minimum atomic E-state index is -0.349. The van der Waals surface area contributed by atoms with Gasteiger partial charge in [0.2, 0.25) is 0 Å². The number of amides is 1. The molecule has 5 heteroatoms. The van der Waals surface area contributed by atoms with Crippen LogP contribution in [-0.2, 0) is 11.3 Å². The molecule has 2 aromatic rings. The molecule has 0 aromatic heterocycles. The zero-order chi connectivity index (χ0) is 18.4. The summed E-state index contributed by atoms with van der Waals surface area (Å²) >= 11 is 0. The van der Waals surface area contributed by atoms with Crippen LogP contribution in [0.15, 0.2) is 54.6 Å². The fourth-order valence-corrected chi connectivity index (χ4v) is 3.16. The van der Waals surface area contributed by atoms with Gasteiger partial charge in [0.25, 0.3) is 0 Å². The highest BCUT2D eigenvalue weighted by atomic mass is 16.5. The van der Waals surface area contributed by atoms with E-state index in [1.54, 1.807) is 7.11 Å². The summed E-state index contributed by atoms with van der Waals surface area (Å²) in [5, 5.41) is 6.52. The molecule has 3 rings (SSSR count). The highest BCUT2D eigenvalue weighted by Crippen LogP contribution is 2.25. The van der Waals surface area contributed by atoms with Crippen molar-refractivity contribution in [2.45, 2.75) is 44.5 Å². The summed E-state index contributed by atoms with van der Waals surface area (Å²) in [6.07, 6.45) is 1.47. The zero-order valence-electron chi connectivity index (χ0n) is 15.3. The molecule has 2 aromatic carbocycles. The minimum absolute atomic E-state index is 0.174. The average Bonchev–Trinajstić information content (AvgIpc) is 2.65. The van der Waals surface area contributed by atoms with Gasteiger partial charge < -0.3 is 20.1 Å². The molecule has 0 heterocycles. The molecule has 138 valence electrons. The summed E-state index contributed by atoms with van der Waals surface area (Å²) < 4.78 is 10.5. The number of benzene rings is 2. The van der Waals surface area contributed by atoms with Crippen LogP contribution >= 0.6 is 0 Å². The van der Waals surface area contributed by atoms with Crippen LogP contribution in [0.3, 0.4) is 0 Å². The van der Waals surface area contributed by atoms with Crippen LogP contribution in [0.5, 0.6) is 5.75 Å². The number of methoxy groups -OCH3 is 1. The normalized spacial score (nSPS) is 19.9. The van der Waals surface area contributed by atoms with Crippen LogP contribution in [0.1, 0.15) is 36.9 Å². The fraction of sp³-hybridized carbons (Fsp3) is 0.381. The lowest BCUT2D eigenvalue weighted by atomic mass is 9.86. The van der Waals surface area contributed by atoms with E-state index < -0.39 is 0 Å². The lowest BCUT2D eigenvalue weighted by Crippen LogP contribution is -2.52. The molecule has 0 unspecified atom stereocenters. The van der Waals surface area contributed by atoms with Crippen molar-refractivity contribution in [3.63, 3.8) is 0 Å². The number of nitrogens with one attached hydrogen (secondary N) is 2. The van der Waals surface area contributed by atoms with Crippen molar-refractivity contribution in [2.75, 3.05) is 7.11 Å². The Hall–Kier alpha value is -2.53. The van der Waals surface area contributed by atoms with Crippen LogP contribution in [0.2, 0.25) is 0 Å². The van der Waals surface area contributed by atoms with Gasteiger partial charge in [0.1, 0.15) is 12.4 Å². The molecular weight excluding hydrogens is 328 g/mol. The number of hydrogen-bond acceptors (Lipinski definition) is 4. The van der Waals surface area contributed by atoms with Gasteiger partial charge in [-0.2, -0.15) is 0 Å². The number of alkyl carbamates (subject to hydrolysis) is 1. The zero-order valence-corrected chi connectivity index (χ0v) is 15.3. The molecule has 1 aliphatic carbocycles.